The van der Waals surface area contributed by atoms with Gasteiger partial charge in [0.05, 0.1) is 46.8 Å². The van der Waals surface area contributed by atoms with Crippen molar-refractivity contribution in [3.63, 3.8) is 0 Å². The van der Waals surface area contributed by atoms with Crippen molar-refractivity contribution in [3.05, 3.63) is 82.6 Å². The Balaban J connectivity index is 1.39. The van der Waals surface area contributed by atoms with E-state index in [-0.39, 0.29) is 53.5 Å². The van der Waals surface area contributed by atoms with Crippen molar-refractivity contribution in [2.75, 3.05) is 31.1 Å². The molecule has 3 amide bonds. The van der Waals surface area contributed by atoms with E-state index >= 15 is 8.78 Å². The molecule has 1 aromatic heterocycles. The summed E-state index contributed by atoms with van der Waals surface area (Å²) in [5.41, 5.74) is 1.26. The van der Waals surface area contributed by atoms with Gasteiger partial charge in [0.2, 0.25) is 11.8 Å². The number of carbonyl (C=O) groups is 3. The predicted octanol–water partition coefficient (Wildman–Crippen LogP) is 4.39. The first kappa shape index (κ1) is 30.4. The number of aromatic nitrogens is 2. The summed E-state index contributed by atoms with van der Waals surface area (Å²) in [5.74, 6) is -5.26. The molecule has 0 radical (unpaired) electrons. The number of hydrogen-bond acceptors (Lipinski definition) is 5. The lowest BCUT2D eigenvalue weighted by atomic mass is 9.97. The zero-order valence-electron chi connectivity index (χ0n) is 23.6. The summed E-state index contributed by atoms with van der Waals surface area (Å²) in [7, 11) is 0. The van der Waals surface area contributed by atoms with E-state index in [2.05, 4.69) is 10.4 Å². The van der Waals surface area contributed by atoms with Gasteiger partial charge in [0.15, 0.2) is 0 Å². The lowest BCUT2D eigenvalue weighted by Crippen LogP contribution is -2.49. The minimum atomic E-state index is -3.45. The number of piperidine rings is 1. The number of aliphatic hydroxyl groups excluding tert-OH is 1. The number of allylic oxidation sites excluding steroid dienone is 1. The number of carbonyl (C=O) groups excluding carboxylic acids is 3. The number of aliphatic hydroxyl groups is 1. The largest absolute Gasteiger partial charge is 0.394 e. The van der Waals surface area contributed by atoms with Crippen LogP contribution in [0.5, 0.6) is 0 Å². The van der Waals surface area contributed by atoms with Gasteiger partial charge in [-0.15, -0.1) is 0 Å². The summed E-state index contributed by atoms with van der Waals surface area (Å²) in [6.07, 6.45) is 4.17. The first-order valence-corrected chi connectivity index (χ1v) is 14.5. The second-order valence-corrected chi connectivity index (χ2v) is 11.1. The molecule has 1 atom stereocenters. The maximum Gasteiger partial charge on any atom is 0.275 e. The molecule has 2 aromatic carbocycles. The molecule has 2 aliphatic rings. The number of rotatable bonds is 6. The highest BCUT2D eigenvalue weighted by atomic mass is 35.5. The number of amides is 3. The van der Waals surface area contributed by atoms with Crippen molar-refractivity contribution in [1.29, 1.82) is 0 Å². The number of nitrogens with zero attached hydrogens (tertiary/aromatic N) is 4. The Bertz CT molecular complexity index is 1570. The molecule has 12 heteroatoms. The number of fused-ring (bicyclic) bond motifs is 1. The van der Waals surface area contributed by atoms with Crippen molar-refractivity contribution in [2.24, 2.45) is 0 Å². The van der Waals surface area contributed by atoms with Crippen molar-refractivity contribution in [1.82, 2.24) is 20.0 Å². The number of anilines is 1. The third kappa shape index (κ3) is 6.47. The number of para-hydroxylation sites is 1. The smallest absolute Gasteiger partial charge is 0.275 e. The zero-order valence-corrected chi connectivity index (χ0v) is 24.4. The number of nitrogens with one attached hydrogen (secondary N) is 1. The van der Waals surface area contributed by atoms with Gasteiger partial charge in [0.25, 0.3) is 11.8 Å². The van der Waals surface area contributed by atoms with Crippen LogP contribution in [0.25, 0.3) is 11.3 Å². The Morgan fingerprint density at radius 1 is 1.14 bits per heavy atom. The van der Waals surface area contributed by atoms with Crippen molar-refractivity contribution in [2.45, 2.75) is 44.6 Å². The standard InChI is InChI=1S/C31H32ClF2N5O4/c1-20-11-14-39(36-20)21-9-10-24(26(32)16-21)30(43)38-15-12-31(33,34)25(23-7-2-3-8-27(23)38)17-28(41)35-18-29(42)37-13-5-4-6-22(37)19-40/h2-3,7-11,14,16-17,22,40H,4-6,12-13,15,18-19H2,1H3,(H,35,41)/b25-17-. The van der Waals surface area contributed by atoms with Gasteiger partial charge in [0.1, 0.15) is 0 Å². The van der Waals surface area contributed by atoms with Crippen molar-refractivity contribution >= 4 is 40.6 Å². The monoisotopic (exact) mass is 611 g/mol. The Morgan fingerprint density at radius 3 is 2.65 bits per heavy atom. The molecular weight excluding hydrogens is 580 g/mol. The van der Waals surface area contributed by atoms with E-state index in [4.69, 9.17) is 11.6 Å². The third-order valence-electron chi connectivity index (χ3n) is 7.79. The van der Waals surface area contributed by atoms with Crippen LogP contribution < -0.4 is 10.2 Å². The summed E-state index contributed by atoms with van der Waals surface area (Å²) >= 11 is 6.51. The van der Waals surface area contributed by atoms with Crippen LogP contribution in [-0.4, -0.2) is 75.7 Å². The third-order valence-corrected chi connectivity index (χ3v) is 8.10. The normalized spacial score (nSPS) is 19.1. The fourth-order valence-electron chi connectivity index (χ4n) is 5.52. The molecule has 0 saturated carbocycles. The van der Waals surface area contributed by atoms with Crippen LogP contribution in [0, 0.1) is 6.92 Å². The minimum absolute atomic E-state index is 0.0240. The number of hydrogen-bond donors (Lipinski definition) is 2. The summed E-state index contributed by atoms with van der Waals surface area (Å²) in [4.78, 5) is 42.0. The topological polar surface area (TPSA) is 108 Å². The summed E-state index contributed by atoms with van der Waals surface area (Å²) < 4.78 is 32.8. The molecule has 3 heterocycles. The molecule has 2 N–H and O–H groups in total. The lowest BCUT2D eigenvalue weighted by molar-refractivity contribution is -0.136. The van der Waals surface area contributed by atoms with Gasteiger partial charge < -0.3 is 20.2 Å². The maximum atomic E-state index is 15.6. The van der Waals surface area contributed by atoms with Crippen LogP contribution in [0.15, 0.2) is 60.8 Å². The molecule has 2 aliphatic heterocycles. The Morgan fingerprint density at radius 2 is 1.93 bits per heavy atom. The van der Waals surface area contributed by atoms with E-state index < -0.39 is 29.7 Å². The Hall–Kier alpha value is -4.09. The molecule has 1 fully saturated rings. The average molecular weight is 612 g/mol. The van der Waals surface area contributed by atoms with Crippen molar-refractivity contribution < 1.29 is 28.3 Å². The van der Waals surface area contributed by atoms with Gasteiger partial charge in [-0.3, -0.25) is 14.4 Å². The van der Waals surface area contributed by atoms with Crippen LogP contribution in [0.4, 0.5) is 14.5 Å². The molecule has 0 bridgehead atoms. The minimum Gasteiger partial charge on any atom is -0.394 e. The van der Waals surface area contributed by atoms with E-state index in [1.54, 1.807) is 41.2 Å². The van der Waals surface area contributed by atoms with Crippen LogP contribution in [0.2, 0.25) is 5.02 Å². The molecular formula is C31H32ClF2N5O4. The second kappa shape index (κ2) is 12.6. The van der Waals surface area contributed by atoms with Crippen LogP contribution in [0.3, 0.4) is 0 Å². The lowest BCUT2D eigenvalue weighted by Gasteiger charge is -2.34. The van der Waals surface area contributed by atoms with E-state index in [9.17, 15) is 19.5 Å². The van der Waals surface area contributed by atoms with Crippen molar-refractivity contribution in [3.8, 4) is 5.69 Å². The second-order valence-electron chi connectivity index (χ2n) is 10.7. The highest BCUT2D eigenvalue weighted by molar-refractivity contribution is 6.34. The van der Waals surface area contributed by atoms with Crippen LogP contribution in [0.1, 0.15) is 47.3 Å². The average Bonchev–Trinajstić information content (AvgIpc) is 3.40. The van der Waals surface area contributed by atoms with Gasteiger partial charge in [-0.05, 0) is 56.5 Å². The number of benzene rings is 2. The maximum absolute atomic E-state index is 15.6. The molecule has 1 unspecified atom stereocenters. The molecule has 0 spiro atoms. The fraction of sp³-hybridized carbons (Fsp3) is 0.355. The molecule has 43 heavy (non-hydrogen) atoms. The fourth-order valence-corrected chi connectivity index (χ4v) is 5.78. The summed E-state index contributed by atoms with van der Waals surface area (Å²) in [5, 5.41) is 16.5. The Kier molecular flexibility index (Phi) is 8.93. The van der Waals surface area contributed by atoms with Gasteiger partial charge in [-0.1, -0.05) is 29.8 Å². The molecule has 1 saturated heterocycles. The highest BCUT2D eigenvalue weighted by Crippen LogP contribution is 2.43. The predicted molar refractivity (Wildman–Crippen MR) is 158 cm³/mol. The molecule has 5 rings (SSSR count). The van der Waals surface area contributed by atoms with Gasteiger partial charge in [-0.25, -0.2) is 13.5 Å². The van der Waals surface area contributed by atoms with E-state index in [1.807, 2.05) is 13.0 Å². The Labute approximate surface area is 252 Å². The summed E-state index contributed by atoms with van der Waals surface area (Å²) in [6.45, 7) is 1.42. The number of alkyl halides is 2. The summed E-state index contributed by atoms with van der Waals surface area (Å²) in [6, 6.07) is 12.5. The molecule has 226 valence electrons. The van der Waals surface area contributed by atoms with Gasteiger partial charge in [0, 0.05) is 42.9 Å². The first-order valence-electron chi connectivity index (χ1n) is 14.1. The van der Waals surface area contributed by atoms with E-state index in [0.717, 1.165) is 24.6 Å². The SMILES string of the molecule is Cc1ccn(-c2ccc(C(=O)N3CCC(F)(F)/C(=C\C(=O)NCC(=O)N4CCCCC4CO)c4ccccc43)c(Cl)c2)n1. The quantitative estimate of drug-likeness (QED) is 0.402. The number of aryl methyl sites for hydroxylation is 1. The van der Waals surface area contributed by atoms with E-state index in [0.29, 0.717) is 18.7 Å². The highest BCUT2D eigenvalue weighted by Gasteiger charge is 2.41. The zero-order chi connectivity index (χ0) is 30.7. The molecule has 3 aromatic rings. The molecule has 0 aliphatic carbocycles. The van der Waals surface area contributed by atoms with Crippen LogP contribution in [-0.2, 0) is 9.59 Å². The number of halogens is 3. The van der Waals surface area contributed by atoms with E-state index in [1.165, 1.54) is 21.9 Å². The molecule has 9 nitrogen and oxygen atoms in total. The number of likely N-dealkylation sites (tertiary alicyclic amines) is 1. The van der Waals surface area contributed by atoms with Gasteiger partial charge >= 0.3 is 0 Å². The first-order chi connectivity index (χ1) is 20.6. The van der Waals surface area contributed by atoms with Crippen LogP contribution >= 0.6 is 11.6 Å². The van der Waals surface area contributed by atoms with Gasteiger partial charge in [-0.2, -0.15) is 5.10 Å².